The second kappa shape index (κ2) is 8.24. The topological polar surface area (TPSA) is 75.6 Å². The number of benzene rings is 1. The second-order valence-electron chi connectivity index (χ2n) is 5.03. The van der Waals surface area contributed by atoms with E-state index in [4.69, 9.17) is 9.84 Å². The summed E-state index contributed by atoms with van der Waals surface area (Å²) in [7, 11) is 0. The Kier molecular flexibility index (Phi) is 6.65. The van der Waals surface area contributed by atoms with Crippen molar-refractivity contribution < 1.29 is 23.8 Å². The van der Waals surface area contributed by atoms with Gasteiger partial charge in [-0.1, -0.05) is 13.8 Å². The molecular weight excluding hydrogens is 277 g/mol. The molecule has 2 N–H and O–H groups in total. The summed E-state index contributed by atoms with van der Waals surface area (Å²) in [4.78, 5) is 22.6. The third kappa shape index (κ3) is 6.25. The molecule has 0 aromatic heterocycles. The first-order valence-corrected chi connectivity index (χ1v) is 6.80. The highest BCUT2D eigenvalue weighted by Gasteiger charge is 2.22. The van der Waals surface area contributed by atoms with Gasteiger partial charge in [0.05, 0.1) is 6.61 Å². The highest BCUT2D eigenvalue weighted by atomic mass is 19.1. The Morgan fingerprint density at radius 1 is 1.29 bits per heavy atom. The van der Waals surface area contributed by atoms with Crippen LogP contribution < -0.4 is 10.1 Å². The number of carboxylic acids is 1. The first-order chi connectivity index (χ1) is 9.90. The van der Waals surface area contributed by atoms with E-state index in [0.717, 1.165) is 0 Å². The number of carboxylic acid groups (broad SMARTS) is 1. The lowest BCUT2D eigenvalue weighted by Gasteiger charge is -2.17. The van der Waals surface area contributed by atoms with Crippen molar-refractivity contribution in [2.45, 2.75) is 32.7 Å². The molecule has 1 atom stereocenters. The number of ether oxygens (including phenoxy) is 1. The van der Waals surface area contributed by atoms with Gasteiger partial charge in [0.1, 0.15) is 17.6 Å². The molecule has 0 spiro atoms. The van der Waals surface area contributed by atoms with E-state index in [1.807, 2.05) is 0 Å². The fourth-order valence-electron chi connectivity index (χ4n) is 1.71. The van der Waals surface area contributed by atoms with Gasteiger partial charge in [-0.25, -0.2) is 9.18 Å². The molecule has 1 amide bonds. The summed E-state index contributed by atoms with van der Waals surface area (Å²) in [6.45, 7) is 3.77. The van der Waals surface area contributed by atoms with Gasteiger partial charge in [0.2, 0.25) is 5.91 Å². The minimum atomic E-state index is -1.04. The maximum atomic E-state index is 12.7. The molecule has 0 bridgehead atoms. The van der Waals surface area contributed by atoms with Crippen LogP contribution in [0.5, 0.6) is 5.75 Å². The predicted octanol–water partition coefficient (Wildman–Crippen LogP) is 2.21. The maximum Gasteiger partial charge on any atom is 0.326 e. The molecular formula is C15H20FNO4. The second-order valence-corrected chi connectivity index (χ2v) is 5.03. The van der Waals surface area contributed by atoms with Crippen LogP contribution in [-0.4, -0.2) is 29.6 Å². The predicted molar refractivity (Wildman–Crippen MR) is 75.5 cm³/mol. The van der Waals surface area contributed by atoms with Crippen LogP contribution in [-0.2, 0) is 9.59 Å². The van der Waals surface area contributed by atoms with Crippen molar-refractivity contribution in [2.24, 2.45) is 5.92 Å². The quantitative estimate of drug-likeness (QED) is 0.721. The minimum Gasteiger partial charge on any atom is -0.494 e. The molecule has 0 fully saturated rings. The van der Waals surface area contributed by atoms with E-state index >= 15 is 0 Å². The number of aliphatic carboxylic acids is 1. The molecule has 21 heavy (non-hydrogen) atoms. The van der Waals surface area contributed by atoms with Gasteiger partial charge in [0.15, 0.2) is 0 Å². The first kappa shape index (κ1) is 16.9. The molecule has 0 aliphatic heterocycles. The van der Waals surface area contributed by atoms with Gasteiger partial charge in [-0.2, -0.15) is 0 Å². The summed E-state index contributed by atoms with van der Waals surface area (Å²) in [6, 6.07) is 4.73. The van der Waals surface area contributed by atoms with Gasteiger partial charge in [0, 0.05) is 6.42 Å². The summed E-state index contributed by atoms with van der Waals surface area (Å²) in [5.41, 5.74) is 0. The molecule has 0 aliphatic rings. The summed E-state index contributed by atoms with van der Waals surface area (Å²) < 4.78 is 18.0. The molecule has 1 aromatic rings. The summed E-state index contributed by atoms with van der Waals surface area (Å²) >= 11 is 0. The van der Waals surface area contributed by atoms with Crippen molar-refractivity contribution >= 4 is 11.9 Å². The van der Waals surface area contributed by atoms with E-state index in [-0.39, 0.29) is 24.1 Å². The van der Waals surface area contributed by atoms with E-state index in [1.54, 1.807) is 13.8 Å². The van der Waals surface area contributed by atoms with Crippen molar-refractivity contribution in [3.05, 3.63) is 30.1 Å². The van der Waals surface area contributed by atoms with Gasteiger partial charge >= 0.3 is 5.97 Å². The number of amides is 1. The molecule has 0 saturated carbocycles. The molecule has 0 aliphatic carbocycles. The van der Waals surface area contributed by atoms with Gasteiger partial charge in [-0.05, 0) is 36.6 Å². The first-order valence-electron chi connectivity index (χ1n) is 6.80. The number of rotatable bonds is 8. The Morgan fingerprint density at radius 3 is 2.43 bits per heavy atom. The van der Waals surface area contributed by atoms with Crippen molar-refractivity contribution in [3.63, 3.8) is 0 Å². The van der Waals surface area contributed by atoms with E-state index in [0.29, 0.717) is 18.8 Å². The summed E-state index contributed by atoms with van der Waals surface area (Å²) in [5.74, 6) is -1.35. The largest absolute Gasteiger partial charge is 0.494 e. The van der Waals surface area contributed by atoms with Crippen molar-refractivity contribution in [1.29, 1.82) is 0 Å². The molecule has 5 nitrogen and oxygen atoms in total. The van der Waals surface area contributed by atoms with Crippen LogP contribution in [0.25, 0.3) is 0 Å². The highest BCUT2D eigenvalue weighted by molar-refractivity contribution is 5.83. The number of hydrogen-bond donors (Lipinski definition) is 2. The molecule has 6 heteroatoms. The standard InChI is InChI=1S/C15H20FNO4/c1-10(2)14(15(19)20)17-13(18)4-3-9-21-12-7-5-11(16)6-8-12/h5-8,10,14H,3-4,9H2,1-2H3,(H,17,18)(H,19,20)/t14-/m1/s1. The molecule has 0 saturated heterocycles. The van der Waals surface area contributed by atoms with Gasteiger partial charge in [0.25, 0.3) is 0 Å². The van der Waals surface area contributed by atoms with Gasteiger partial charge in [-0.15, -0.1) is 0 Å². The van der Waals surface area contributed by atoms with Gasteiger partial charge < -0.3 is 15.2 Å². The Morgan fingerprint density at radius 2 is 1.90 bits per heavy atom. The molecule has 1 rings (SSSR count). The number of nitrogens with one attached hydrogen (secondary N) is 1. The monoisotopic (exact) mass is 297 g/mol. The number of halogens is 1. The lowest BCUT2D eigenvalue weighted by Crippen LogP contribution is -2.44. The minimum absolute atomic E-state index is 0.178. The van der Waals surface area contributed by atoms with E-state index < -0.39 is 12.0 Å². The van der Waals surface area contributed by atoms with Gasteiger partial charge in [-0.3, -0.25) is 4.79 Å². The summed E-state index contributed by atoms with van der Waals surface area (Å²) in [5, 5.41) is 11.4. The summed E-state index contributed by atoms with van der Waals surface area (Å²) in [6.07, 6.45) is 0.630. The highest BCUT2D eigenvalue weighted by Crippen LogP contribution is 2.11. The lowest BCUT2D eigenvalue weighted by molar-refractivity contribution is -0.143. The Labute approximate surface area is 123 Å². The smallest absolute Gasteiger partial charge is 0.326 e. The van der Waals surface area contributed by atoms with Crippen molar-refractivity contribution in [2.75, 3.05) is 6.61 Å². The Hall–Kier alpha value is -2.11. The molecule has 1 aromatic carbocycles. The van der Waals surface area contributed by atoms with Crippen molar-refractivity contribution in [1.82, 2.24) is 5.32 Å². The SMILES string of the molecule is CC(C)[C@@H](NC(=O)CCCOc1ccc(F)cc1)C(=O)O. The normalized spacial score (nSPS) is 12.0. The van der Waals surface area contributed by atoms with E-state index in [2.05, 4.69) is 5.32 Å². The fourth-order valence-corrected chi connectivity index (χ4v) is 1.71. The zero-order chi connectivity index (χ0) is 15.8. The van der Waals surface area contributed by atoms with Crippen LogP contribution >= 0.6 is 0 Å². The molecule has 0 unspecified atom stereocenters. The lowest BCUT2D eigenvalue weighted by atomic mass is 10.0. The van der Waals surface area contributed by atoms with E-state index in [1.165, 1.54) is 24.3 Å². The molecule has 0 heterocycles. The zero-order valence-electron chi connectivity index (χ0n) is 12.1. The van der Waals surface area contributed by atoms with E-state index in [9.17, 15) is 14.0 Å². The average molecular weight is 297 g/mol. The molecule has 0 radical (unpaired) electrons. The third-order valence-electron chi connectivity index (χ3n) is 2.88. The number of hydrogen-bond acceptors (Lipinski definition) is 3. The van der Waals surface area contributed by atoms with Crippen LogP contribution in [0.1, 0.15) is 26.7 Å². The maximum absolute atomic E-state index is 12.7. The molecule has 116 valence electrons. The third-order valence-corrected chi connectivity index (χ3v) is 2.88. The van der Waals surface area contributed by atoms with Crippen LogP contribution in [0.15, 0.2) is 24.3 Å². The zero-order valence-corrected chi connectivity index (χ0v) is 12.1. The van der Waals surface area contributed by atoms with Crippen LogP contribution in [0.2, 0.25) is 0 Å². The average Bonchev–Trinajstić information content (AvgIpc) is 2.42. The Bertz CT molecular complexity index is 473. The van der Waals surface area contributed by atoms with Crippen LogP contribution in [0.4, 0.5) is 4.39 Å². The number of carbonyl (C=O) groups excluding carboxylic acids is 1. The van der Waals surface area contributed by atoms with Crippen LogP contribution in [0.3, 0.4) is 0 Å². The number of carbonyl (C=O) groups is 2. The van der Waals surface area contributed by atoms with Crippen LogP contribution in [0, 0.1) is 11.7 Å². The Balaban J connectivity index is 2.27. The van der Waals surface area contributed by atoms with Crippen molar-refractivity contribution in [3.8, 4) is 5.75 Å². The fraction of sp³-hybridized carbons (Fsp3) is 0.467.